The van der Waals surface area contributed by atoms with E-state index in [-0.39, 0.29) is 60.9 Å². The predicted molar refractivity (Wildman–Crippen MR) is 265 cm³/mol. The number of pyridine rings is 2. The van der Waals surface area contributed by atoms with Crippen LogP contribution in [0.3, 0.4) is 0 Å². The van der Waals surface area contributed by atoms with Gasteiger partial charge in [-0.3, -0.25) is 0 Å². The van der Waals surface area contributed by atoms with Crippen molar-refractivity contribution in [1.82, 2.24) is 9.97 Å². The summed E-state index contributed by atoms with van der Waals surface area (Å²) in [5, 5.41) is 1.83. The first-order valence-electron chi connectivity index (χ1n) is 22.2. The third-order valence-electron chi connectivity index (χ3n) is 11.4. The molecule has 0 radical (unpaired) electrons. The first kappa shape index (κ1) is 41.3. The molecule has 6 heteroatoms. The van der Waals surface area contributed by atoms with Crippen LogP contribution in [0.15, 0.2) is 170 Å². The molecular weight excluding hydrogens is 1090 g/mol. The topological polar surface area (TPSA) is 35.0 Å². The van der Waals surface area contributed by atoms with Gasteiger partial charge in [0.05, 0.1) is 0 Å². The Bertz CT molecular complexity index is 3140. The molecule has 6 aromatic carbocycles. The number of fused-ring (bicyclic) bond motifs is 2. The van der Waals surface area contributed by atoms with E-state index in [0.717, 1.165) is 84.1 Å². The molecule has 0 spiro atoms. The van der Waals surface area contributed by atoms with Gasteiger partial charge in [0.2, 0.25) is 0 Å². The molecule has 0 fully saturated rings. The summed E-state index contributed by atoms with van der Waals surface area (Å²) in [5.74, 6) is 1.06. The zero-order valence-corrected chi connectivity index (χ0v) is 42.1. The quantitative estimate of drug-likeness (QED) is 0.112. The number of ether oxygens (including phenoxy) is 1. The molecule has 0 saturated carbocycles. The zero-order valence-electron chi connectivity index (χ0n) is 38.4. The van der Waals surface area contributed by atoms with Crippen LogP contribution in [0.4, 0.5) is 0 Å². The van der Waals surface area contributed by atoms with Crippen LogP contribution in [0.1, 0.15) is 55.4 Å². The molecule has 10 aromatic rings. The van der Waals surface area contributed by atoms with E-state index in [9.17, 15) is 2.74 Å². The van der Waals surface area contributed by atoms with Crippen LogP contribution >= 0.6 is 0 Å². The molecule has 4 heterocycles. The Morgan fingerprint density at radius 3 is 1.23 bits per heavy atom. The average molecular weight is 1140 g/mol. The van der Waals surface area contributed by atoms with Gasteiger partial charge < -0.3 is 0 Å². The van der Waals surface area contributed by atoms with E-state index < -0.39 is 0 Å². The van der Waals surface area contributed by atoms with Gasteiger partial charge in [-0.05, 0) is 0 Å². The van der Waals surface area contributed by atoms with E-state index in [1.165, 1.54) is 11.1 Å². The minimum atomic E-state index is -0.155. The van der Waals surface area contributed by atoms with Gasteiger partial charge in [-0.15, -0.1) is 0 Å². The molecule has 0 aliphatic rings. The average Bonchev–Trinajstić information content (AvgIpc) is 3.84. The number of hydrogen-bond donors (Lipinski definition) is 0. The van der Waals surface area contributed by atoms with Crippen LogP contribution in [-0.4, -0.2) is 39.0 Å². The van der Waals surface area contributed by atoms with Gasteiger partial charge in [-0.1, -0.05) is 0 Å². The number of nitrogens with zero attached hydrogens (tertiary/aromatic N) is 2. The van der Waals surface area contributed by atoms with Crippen molar-refractivity contribution in [3.8, 4) is 76.3 Å². The minimum absolute atomic E-state index is 0. The second-order valence-electron chi connectivity index (χ2n) is 18.0. The summed E-state index contributed by atoms with van der Waals surface area (Å²) >= 11 is -0.310. The molecule has 0 aliphatic heterocycles. The molecule has 0 bridgehead atoms. The fourth-order valence-corrected chi connectivity index (χ4v) is 12.5. The van der Waals surface area contributed by atoms with Crippen LogP contribution in [0.25, 0.3) is 84.1 Å². The normalized spacial score (nSPS) is 12.2. The molecule has 0 atom stereocenters. The molecule has 10 rings (SSSR count). The van der Waals surface area contributed by atoms with Crippen LogP contribution in [0.2, 0.25) is 0 Å². The molecule has 4 aromatic heterocycles. The van der Waals surface area contributed by atoms with E-state index in [4.69, 9.17) is 14.7 Å². The third kappa shape index (κ3) is 9.12. The Labute approximate surface area is 405 Å². The minimum Gasteiger partial charge on any atom is 2.00 e. The second-order valence-corrected chi connectivity index (χ2v) is 22.3. The molecule has 64 heavy (non-hydrogen) atoms. The summed E-state index contributed by atoms with van der Waals surface area (Å²) in [4.78, 5) is 9.97. The molecule has 0 saturated heterocycles. The zero-order chi connectivity index (χ0) is 45.0. The smallest absolute Gasteiger partial charge is 2.00 e. The number of benzene rings is 6. The van der Waals surface area contributed by atoms with E-state index >= 15 is 0 Å². The van der Waals surface area contributed by atoms with Gasteiger partial charge in [0.1, 0.15) is 0 Å². The number of aromatic nitrogens is 2. The number of rotatable bonds is 8. The molecule has 316 valence electrons. The van der Waals surface area contributed by atoms with E-state index in [0.29, 0.717) is 23.6 Å². The Balaban J connectivity index is 0.00000548. The second kappa shape index (κ2) is 17.9. The fraction of sp³-hybridized carbons (Fsp3) is 0.138. The first-order valence-corrected chi connectivity index (χ1v) is 24.6. The van der Waals surface area contributed by atoms with Crippen molar-refractivity contribution in [1.29, 1.82) is 0 Å². The molecular formula is C58H46N2OPtSe2. The third-order valence-corrected chi connectivity index (χ3v) is 16.2. The van der Waals surface area contributed by atoms with Gasteiger partial charge in [0.15, 0.2) is 0 Å². The Morgan fingerprint density at radius 1 is 0.469 bits per heavy atom. The van der Waals surface area contributed by atoms with Crippen LogP contribution in [0, 0.1) is 12.1 Å². The predicted octanol–water partition coefficient (Wildman–Crippen LogP) is 14.9. The van der Waals surface area contributed by atoms with Gasteiger partial charge in [-0.25, -0.2) is 0 Å². The molecule has 0 N–H and O–H groups in total. The largest absolute Gasteiger partial charge is 2.00 e. The molecule has 3 nitrogen and oxygen atoms in total. The van der Waals surface area contributed by atoms with Gasteiger partial charge in [0, 0.05) is 0 Å². The molecule has 0 aliphatic carbocycles. The summed E-state index contributed by atoms with van der Waals surface area (Å²) < 4.78 is 29.9. The van der Waals surface area contributed by atoms with Crippen molar-refractivity contribution in [2.24, 2.45) is 0 Å². The van der Waals surface area contributed by atoms with Crippen LogP contribution in [-0.2, 0) is 31.9 Å². The van der Waals surface area contributed by atoms with E-state index in [2.05, 4.69) is 139 Å². The maximum atomic E-state index is 9.35. The van der Waals surface area contributed by atoms with Crippen LogP contribution < -0.4 is 4.74 Å². The summed E-state index contributed by atoms with van der Waals surface area (Å²) in [7, 11) is 0. The fourth-order valence-electron chi connectivity index (χ4n) is 7.85. The van der Waals surface area contributed by atoms with Gasteiger partial charge in [-0.2, -0.15) is 0 Å². The molecule has 0 amide bonds. The monoisotopic (exact) mass is 1140 g/mol. The van der Waals surface area contributed by atoms with Crippen molar-refractivity contribution >= 4 is 48.3 Å². The van der Waals surface area contributed by atoms with Crippen molar-refractivity contribution in [3.05, 3.63) is 193 Å². The Hall–Kier alpha value is -5.37. The maximum absolute atomic E-state index is 9.35. The van der Waals surface area contributed by atoms with Crippen molar-refractivity contribution in [2.75, 3.05) is 0 Å². The van der Waals surface area contributed by atoms with Crippen molar-refractivity contribution in [2.45, 2.75) is 52.4 Å². The summed E-state index contributed by atoms with van der Waals surface area (Å²) in [6.07, 6.45) is 3.63. The molecule has 0 unspecified atom stereocenters. The standard InChI is InChI=1S/C58H46N2OSe2.Pt/c1-57(2,3)47-21-17-39(18-22-47)51-35-41-25-27-59-53(55(41)62-51)45-29-43(37-13-9-7-10-14-37)31-49(33-45)61-50-32-44(38-15-11-8-12-16-38)30-46(34-50)54-56-42(26-28-60-54)36-52(63-56)40-19-23-48(24-20-40)58(4,5)6;/h7-32,35-36H,1-6H3;/q-2;+2/i35D,36D;. The number of hydrogen-bond acceptors (Lipinski definition) is 3. The van der Waals surface area contributed by atoms with Crippen molar-refractivity contribution in [3.63, 3.8) is 0 Å². The summed E-state index contributed by atoms with van der Waals surface area (Å²) in [6, 6.07) is 58.7. The first-order chi connectivity index (χ1) is 31.3. The van der Waals surface area contributed by atoms with Gasteiger partial charge >= 0.3 is 409 Å². The van der Waals surface area contributed by atoms with E-state index in [1.54, 1.807) is 0 Å². The van der Waals surface area contributed by atoms with Crippen molar-refractivity contribution < 1.29 is 28.5 Å². The van der Waals surface area contributed by atoms with Gasteiger partial charge in [0.25, 0.3) is 0 Å². The SMILES string of the molecule is [2H]c1c(-c2ccc(C(C)(C)C)cc2)[se]c2c(-c3[c-]c(Oc4[c-]c(-c5nccc6c([2H])c(-c7ccc(C(C)(C)C)cc7)[se]c56)cc(-c5ccccc5)c4)cc(-c4ccccc4)c3)nccc12.[Pt+2]. The van der Waals surface area contributed by atoms with Crippen LogP contribution in [0.5, 0.6) is 11.5 Å². The summed E-state index contributed by atoms with van der Waals surface area (Å²) in [6.45, 7) is 13.3. The maximum Gasteiger partial charge on any atom is 2.00 e. The Kier molecular flexibility index (Phi) is 11.6. The Morgan fingerprint density at radius 2 is 0.859 bits per heavy atom. The summed E-state index contributed by atoms with van der Waals surface area (Å²) in [5.41, 5.74) is 12.1. The van der Waals surface area contributed by atoms with E-state index in [1.807, 2.05) is 73.1 Å².